The zero-order valence-corrected chi connectivity index (χ0v) is 13.1. The van der Waals surface area contributed by atoms with E-state index >= 15 is 0 Å². The topological polar surface area (TPSA) is 25.4 Å². The Balaban J connectivity index is 2.25. The molecule has 18 heavy (non-hydrogen) atoms. The number of aromatic nitrogens is 1. The van der Waals surface area contributed by atoms with E-state index in [2.05, 4.69) is 59.6 Å². The third-order valence-electron chi connectivity index (χ3n) is 3.13. The highest BCUT2D eigenvalue weighted by Crippen LogP contribution is 2.27. The Morgan fingerprint density at radius 3 is 2.83 bits per heavy atom. The number of pyridine rings is 1. The van der Waals surface area contributed by atoms with E-state index in [0.29, 0.717) is 0 Å². The molecule has 0 spiro atoms. The largest absolute Gasteiger partial charge is 0.369 e. The number of ether oxygens (including phenoxy) is 1. The molecular weight excluding hydrogens is 292 g/mol. The highest BCUT2D eigenvalue weighted by atomic mass is 79.9. The lowest BCUT2D eigenvalue weighted by Crippen LogP contribution is -2.52. The quantitative estimate of drug-likeness (QED) is 0.784. The first-order valence-electron chi connectivity index (χ1n) is 6.35. The second kappa shape index (κ2) is 5.17. The minimum Gasteiger partial charge on any atom is -0.369 e. The molecular formula is C14H21BrN2O. The second-order valence-corrected chi connectivity index (χ2v) is 6.25. The van der Waals surface area contributed by atoms with E-state index in [1.807, 2.05) is 6.20 Å². The van der Waals surface area contributed by atoms with Crippen LogP contribution in [0.25, 0.3) is 0 Å². The van der Waals surface area contributed by atoms with Gasteiger partial charge in [-0.3, -0.25) is 0 Å². The summed E-state index contributed by atoms with van der Waals surface area (Å²) in [6, 6.07) is 2.20. The zero-order chi connectivity index (χ0) is 13.3. The number of anilines is 1. The summed E-state index contributed by atoms with van der Waals surface area (Å²) in [4.78, 5) is 6.95. The van der Waals surface area contributed by atoms with E-state index in [1.54, 1.807) is 0 Å². The molecule has 2 heterocycles. The summed E-state index contributed by atoms with van der Waals surface area (Å²) >= 11 is 3.47. The number of aryl methyl sites for hydroxylation is 1. The summed E-state index contributed by atoms with van der Waals surface area (Å²) in [5.74, 6) is 1.09. The molecule has 0 aliphatic carbocycles. The number of hydrogen-bond acceptors (Lipinski definition) is 3. The van der Waals surface area contributed by atoms with E-state index in [0.717, 1.165) is 24.2 Å². The molecule has 2 rings (SSSR count). The fourth-order valence-electron chi connectivity index (χ4n) is 2.64. The van der Waals surface area contributed by atoms with Crippen LogP contribution in [0.2, 0.25) is 0 Å². The first kappa shape index (κ1) is 13.8. The van der Waals surface area contributed by atoms with E-state index in [1.165, 1.54) is 11.1 Å². The average Bonchev–Trinajstić information content (AvgIpc) is 2.25. The number of rotatable bonds is 2. The van der Waals surface area contributed by atoms with Crippen molar-refractivity contribution in [3.8, 4) is 0 Å². The van der Waals surface area contributed by atoms with Gasteiger partial charge >= 0.3 is 0 Å². The van der Waals surface area contributed by atoms with Gasteiger partial charge < -0.3 is 9.64 Å². The van der Waals surface area contributed by atoms with Crippen LogP contribution in [-0.2, 0) is 10.1 Å². The lowest BCUT2D eigenvalue weighted by Gasteiger charge is -2.42. The summed E-state index contributed by atoms with van der Waals surface area (Å²) in [7, 11) is 0. The first-order valence-corrected chi connectivity index (χ1v) is 7.48. The Morgan fingerprint density at radius 1 is 1.56 bits per heavy atom. The lowest BCUT2D eigenvalue weighted by atomic mass is 10.0. The van der Waals surface area contributed by atoms with Gasteiger partial charge in [0.05, 0.1) is 11.7 Å². The predicted octanol–water partition coefficient (Wildman–Crippen LogP) is 3.29. The summed E-state index contributed by atoms with van der Waals surface area (Å²) < 4.78 is 5.93. The van der Waals surface area contributed by atoms with Crippen molar-refractivity contribution in [2.24, 2.45) is 0 Å². The van der Waals surface area contributed by atoms with E-state index in [4.69, 9.17) is 4.74 Å². The Morgan fingerprint density at radius 2 is 2.28 bits per heavy atom. The Bertz CT molecular complexity index is 434. The molecule has 1 unspecified atom stereocenters. The average molecular weight is 313 g/mol. The van der Waals surface area contributed by atoms with Gasteiger partial charge in [0.15, 0.2) is 0 Å². The van der Waals surface area contributed by atoms with Crippen molar-refractivity contribution in [2.45, 2.75) is 44.7 Å². The molecule has 1 aliphatic heterocycles. The molecule has 1 aliphatic rings. The van der Waals surface area contributed by atoms with Gasteiger partial charge in [-0.25, -0.2) is 4.98 Å². The van der Waals surface area contributed by atoms with Gasteiger partial charge in [-0.1, -0.05) is 22.0 Å². The molecule has 1 fully saturated rings. The van der Waals surface area contributed by atoms with Crippen LogP contribution < -0.4 is 4.90 Å². The highest BCUT2D eigenvalue weighted by Gasteiger charge is 2.32. The third kappa shape index (κ3) is 3.04. The van der Waals surface area contributed by atoms with E-state index < -0.39 is 0 Å². The number of nitrogens with zero attached hydrogens (tertiary/aromatic N) is 2. The molecule has 0 saturated carbocycles. The molecule has 1 aromatic rings. The van der Waals surface area contributed by atoms with Crippen LogP contribution in [0, 0.1) is 6.92 Å². The van der Waals surface area contributed by atoms with Gasteiger partial charge in [-0.2, -0.15) is 0 Å². The van der Waals surface area contributed by atoms with Crippen molar-refractivity contribution >= 4 is 21.7 Å². The molecule has 0 bridgehead atoms. The van der Waals surface area contributed by atoms with Crippen molar-refractivity contribution in [3.05, 3.63) is 23.4 Å². The third-order valence-corrected chi connectivity index (χ3v) is 3.78. The van der Waals surface area contributed by atoms with E-state index in [-0.39, 0.29) is 11.7 Å². The summed E-state index contributed by atoms with van der Waals surface area (Å²) in [5, 5.41) is 0.853. The number of halogens is 1. The maximum atomic E-state index is 5.93. The van der Waals surface area contributed by atoms with E-state index in [9.17, 15) is 0 Å². The van der Waals surface area contributed by atoms with Gasteiger partial charge in [-0.15, -0.1) is 0 Å². The smallest absolute Gasteiger partial charge is 0.131 e. The van der Waals surface area contributed by atoms with Crippen molar-refractivity contribution in [1.82, 2.24) is 4.98 Å². The molecule has 3 nitrogen and oxygen atoms in total. The Kier molecular flexibility index (Phi) is 3.97. The highest BCUT2D eigenvalue weighted by molar-refractivity contribution is 9.08. The second-order valence-electron chi connectivity index (χ2n) is 5.69. The van der Waals surface area contributed by atoms with Crippen LogP contribution in [0.1, 0.15) is 31.9 Å². The molecule has 0 aromatic carbocycles. The van der Waals surface area contributed by atoms with Crippen LogP contribution in [0.4, 0.5) is 5.82 Å². The van der Waals surface area contributed by atoms with Crippen LogP contribution in [0.3, 0.4) is 0 Å². The van der Waals surface area contributed by atoms with Crippen LogP contribution in [0.15, 0.2) is 12.3 Å². The SMILES string of the molecule is Cc1cc(CBr)cnc1N1CC(C)OC(C)(C)C1. The fourth-order valence-corrected chi connectivity index (χ4v) is 2.95. The van der Waals surface area contributed by atoms with Crippen LogP contribution in [0.5, 0.6) is 0 Å². The monoisotopic (exact) mass is 312 g/mol. The Labute approximate surface area is 118 Å². The fraction of sp³-hybridized carbons (Fsp3) is 0.643. The minimum absolute atomic E-state index is 0.111. The van der Waals surface area contributed by atoms with Crippen molar-refractivity contribution < 1.29 is 4.74 Å². The lowest BCUT2D eigenvalue weighted by molar-refractivity contribution is -0.0751. The van der Waals surface area contributed by atoms with Crippen LogP contribution in [-0.4, -0.2) is 29.8 Å². The van der Waals surface area contributed by atoms with Gasteiger partial charge in [0.25, 0.3) is 0 Å². The molecule has 0 N–H and O–H groups in total. The molecule has 1 atom stereocenters. The summed E-state index contributed by atoms with van der Waals surface area (Å²) in [6.07, 6.45) is 2.19. The normalized spacial score (nSPS) is 23.2. The number of hydrogen-bond donors (Lipinski definition) is 0. The standard InChI is InChI=1S/C14H21BrN2O/c1-10-5-12(6-15)7-16-13(10)17-8-11(2)18-14(3,4)9-17/h5,7,11H,6,8-9H2,1-4H3. The van der Waals surface area contributed by atoms with Gasteiger partial charge in [0, 0.05) is 24.6 Å². The van der Waals surface area contributed by atoms with Crippen molar-refractivity contribution in [3.63, 3.8) is 0 Å². The summed E-state index contributed by atoms with van der Waals surface area (Å²) in [5.41, 5.74) is 2.34. The molecule has 1 aromatic heterocycles. The summed E-state index contributed by atoms with van der Waals surface area (Å²) in [6.45, 7) is 10.3. The molecule has 0 radical (unpaired) electrons. The molecule has 0 amide bonds. The number of alkyl halides is 1. The molecule has 1 saturated heterocycles. The maximum Gasteiger partial charge on any atom is 0.131 e. The van der Waals surface area contributed by atoms with Gasteiger partial charge in [-0.05, 0) is 38.8 Å². The van der Waals surface area contributed by atoms with Gasteiger partial charge in [0.1, 0.15) is 5.82 Å². The predicted molar refractivity (Wildman–Crippen MR) is 78.4 cm³/mol. The maximum absolute atomic E-state index is 5.93. The minimum atomic E-state index is -0.111. The first-order chi connectivity index (χ1) is 8.41. The van der Waals surface area contributed by atoms with Crippen LogP contribution >= 0.6 is 15.9 Å². The zero-order valence-electron chi connectivity index (χ0n) is 11.5. The molecule has 4 heteroatoms. The molecule has 100 valence electrons. The Hall–Kier alpha value is -0.610. The van der Waals surface area contributed by atoms with Crippen molar-refractivity contribution in [2.75, 3.05) is 18.0 Å². The number of morpholine rings is 1. The van der Waals surface area contributed by atoms with Gasteiger partial charge in [0.2, 0.25) is 0 Å². The van der Waals surface area contributed by atoms with Crippen molar-refractivity contribution in [1.29, 1.82) is 0 Å².